The van der Waals surface area contributed by atoms with Crippen LogP contribution in [-0.2, 0) is 11.3 Å². The number of amides is 2. The molecule has 2 aromatic rings. The predicted octanol–water partition coefficient (Wildman–Crippen LogP) is 3.30. The summed E-state index contributed by atoms with van der Waals surface area (Å²) < 4.78 is 27.0. The molecule has 28 heavy (non-hydrogen) atoms. The van der Waals surface area contributed by atoms with Gasteiger partial charge in [0.15, 0.2) is 0 Å². The van der Waals surface area contributed by atoms with Crippen LogP contribution >= 0.6 is 0 Å². The van der Waals surface area contributed by atoms with Crippen LogP contribution in [0.4, 0.5) is 14.5 Å². The minimum atomic E-state index is -0.799. The number of rotatable bonds is 8. The van der Waals surface area contributed by atoms with Crippen LogP contribution in [0.15, 0.2) is 42.5 Å². The summed E-state index contributed by atoms with van der Waals surface area (Å²) >= 11 is 0. The van der Waals surface area contributed by atoms with Crippen molar-refractivity contribution in [3.63, 3.8) is 0 Å². The first-order valence-corrected chi connectivity index (χ1v) is 9.31. The van der Waals surface area contributed by atoms with Gasteiger partial charge in [0.25, 0.3) is 5.91 Å². The number of hydrogen-bond acceptors (Lipinski definition) is 3. The molecule has 2 aromatic carbocycles. The molecule has 0 unspecified atom stereocenters. The second-order valence-corrected chi connectivity index (χ2v) is 6.99. The fourth-order valence-corrected chi connectivity index (χ4v) is 2.95. The molecular formula is C21H23F2N3O2. The Balaban J connectivity index is 1.76. The van der Waals surface area contributed by atoms with Crippen LogP contribution in [0.3, 0.4) is 0 Å². The zero-order chi connectivity index (χ0) is 20.1. The largest absolute Gasteiger partial charge is 0.334 e. The summed E-state index contributed by atoms with van der Waals surface area (Å²) in [5, 5.41) is 2.87. The van der Waals surface area contributed by atoms with Crippen LogP contribution in [0.1, 0.15) is 35.2 Å². The zero-order valence-electron chi connectivity index (χ0n) is 15.5. The topological polar surface area (TPSA) is 75.4 Å². The van der Waals surface area contributed by atoms with E-state index in [1.807, 2.05) is 6.07 Å². The van der Waals surface area contributed by atoms with Crippen molar-refractivity contribution in [1.82, 2.24) is 4.90 Å². The average molecular weight is 387 g/mol. The summed E-state index contributed by atoms with van der Waals surface area (Å²) in [6, 6.07) is 9.99. The van der Waals surface area contributed by atoms with Crippen molar-refractivity contribution >= 4 is 17.5 Å². The van der Waals surface area contributed by atoms with Gasteiger partial charge in [-0.1, -0.05) is 12.1 Å². The first kappa shape index (κ1) is 19.9. The summed E-state index contributed by atoms with van der Waals surface area (Å²) in [7, 11) is 0. The third-order valence-electron chi connectivity index (χ3n) is 4.54. The van der Waals surface area contributed by atoms with E-state index in [9.17, 15) is 18.4 Å². The Labute approximate surface area is 162 Å². The number of carbonyl (C=O) groups is 2. The SMILES string of the molecule is NCCCN(Cc1cccc(NC(=O)C2CC2)c1)C(=O)c1cc(F)cc(F)c1. The van der Waals surface area contributed by atoms with Crippen LogP contribution in [0.25, 0.3) is 0 Å². The lowest BCUT2D eigenvalue weighted by molar-refractivity contribution is -0.117. The maximum Gasteiger partial charge on any atom is 0.254 e. The maximum absolute atomic E-state index is 13.5. The van der Waals surface area contributed by atoms with Crippen molar-refractivity contribution < 1.29 is 18.4 Å². The second-order valence-electron chi connectivity index (χ2n) is 6.99. The minimum Gasteiger partial charge on any atom is -0.334 e. The van der Waals surface area contributed by atoms with Crippen LogP contribution in [-0.4, -0.2) is 29.8 Å². The molecule has 3 N–H and O–H groups in total. The summed E-state index contributed by atoms with van der Waals surface area (Å²) in [6.45, 7) is 0.981. The molecule has 3 rings (SSSR count). The minimum absolute atomic E-state index is 0.00319. The number of nitrogens with zero attached hydrogens (tertiary/aromatic N) is 1. The number of hydrogen-bond donors (Lipinski definition) is 2. The molecule has 0 atom stereocenters. The third kappa shape index (κ3) is 5.36. The summed E-state index contributed by atoms with van der Waals surface area (Å²) in [5.41, 5.74) is 6.98. The van der Waals surface area contributed by atoms with Crippen molar-refractivity contribution in [3.05, 3.63) is 65.2 Å². The number of nitrogens with one attached hydrogen (secondary N) is 1. The van der Waals surface area contributed by atoms with E-state index >= 15 is 0 Å². The smallest absolute Gasteiger partial charge is 0.254 e. The van der Waals surface area contributed by atoms with Gasteiger partial charge >= 0.3 is 0 Å². The van der Waals surface area contributed by atoms with Crippen LogP contribution in [0.5, 0.6) is 0 Å². The molecule has 0 saturated heterocycles. The lowest BCUT2D eigenvalue weighted by Gasteiger charge is -2.23. The summed E-state index contributed by atoms with van der Waals surface area (Å²) in [6.07, 6.45) is 2.38. The molecule has 0 radical (unpaired) electrons. The highest BCUT2D eigenvalue weighted by Gasteiger charge is 2.29. The highest BCUT2D eigenvalue weighted by Crippen LogP contribution is 2.30. The van der Waals surface area contributed by atoms with Gasteiger partial charge in [-0.25, -0.2) is 8.78 Å². The van der Waals surface area contributed by atoms with E-state index in [0.717, 1.165) is 36.6 Å². The lowest BCUT2D eigenvalue weighted by atomic mass is 10.1. The van der Waals surface area contributed by atoms with E-state index in [1.165, 1.54) is 4.90 Å². The van der Waals surface area contributed by atoms with Crippen molar-refractivity contribution in [3.8, 4) is 0 Å². The van der Waals surface area contributed by atoms with Crippen molar-refractivity contribution in [2.24, 2.45) is 11.7 Å². The quantitative estimate of drug-likeness (QED) is 0.730. The second kappa shape index (κ2) is 8.93. The normalized spacial score (nSPS) is 13.2. The maximum atomic E-state index is 13.5. The molecule has 5 nitrogen and oxygen atoms in total. The molecule has 2 amide bonds. The molecule has 1 saturated carbocycles. The van der Waals surface area contributed by atoms with E-state index in [0.29, 0.717) is 25.2 Å². The van der Waals surface area contributed by atoms with E-state index < -0.39 is 17.5 Å². The van der Waals surface area contributed by atoms with Gasteiger partial charge in [0.2, 0.25) is 5.91 Å². The number of benzene rings is 2. The molecule has 148 valence electrons. The summed E-state index contributed by atoms with van der Waals surface area (Å²) in [5.74, 6) is -1.98. The van der Waals surface area contributed by atoms with Gasteiger partial charge in [0.05, 0.1) is 0 Å². The molecule has 0 bridgehead atoms. The first-order chi connectivity index (χ1) is 13.5. The molecule has 1 aliphatic carbocycles. The zero-order valence-corrected chi connectivity index (χ0v) is 15.5. The molecule has 7 heteroatoms. The Bertz CT molecular complexity index is 848. The average Bonchev–Trinajstić information content (AvgIpc) is 3.49. The Morgan fingerprint density at radius 1 is 1.11 bits per heavy atom. The highest BCUT2D eigenvalue weighted by atomic mass is 19.1. The van der Waals surface area contributed by atoms with Gasteiger partial charge in [-0.2, -0.15) is 0 Å². The van der Waals surface area contributed by atoms with Crippen molar-refractivity contribution in [1.29, 1.82) is 0 Å². The molecule has 0 aliphatic heterocycles. The van der Waals surface area contributed by atoms with Gasteiger partial charge < -0.3 is 16.0 Å². The fourth-order valence-electron chi connectivity index (χ4n) is 2.95. The predicted molar refractivity (Wildman–Crippen MR) is 103 cm³/mol. The number of nitrogens with two attached hydrogens (primary N) is 1. The van der Waals surface area contributed by atoms with Crippen LogP contribution in [0.2, 0.25) is 0 Å². The standard InChI is InChI=1S/C21H23F2N3O2/c22-17-10-16(11-18(23)12-17)21(28)26(8-2-7-24)13-14-3-1-4-19(9-14)25-20(27)15-5-6-15/h1,3-4,9-12,15H,2,5-8,13,24H2,(H,25,27). The summed E-state index contributed by atoms with van der Waals surface area (Å²) in [4.78, 5) is 26.3. The van der Waals surface area contributed by atoms with E-state index in [2.05, 4.69) is 5.32 Å². The van der Waals surface area contributed by atoms with Crippen molar-refractivity contribution in [2.75, 3.05) is 18.4 Å². The van der Waals surface area contributed by atoms with E-state index in [1.54, 1.807) is 18.2 Å². The Morgan fingerprint density at radius 2 is 1.82 bits per heavy atom. The number of halogens is 2. The van der Waals surface area contributed by atoms with E-state index in [4.69, 9.17) is 5.73 Å². The Hall–Kier alpha value is -2.80. The number of carbonyl (C=O) groups excluding carboxylic acids is 2. The lowest BCUT2D eigenvalue weighted by Crippen LogP contribution is -2.32. The number of anilines is 1. The molecular weight excluding hydrogens is 364 g/mol. The first-order valence-electron chi connectivity index (χ1n) is 9.31. The molecule has 0 heterocycles. The van der Waals surface area contributed by atoms with Gasteiger partial charge in [0, 0.05) is 36.3 Å². The monoisotopic (exact) mass is 387 g/mol. The molecule has 0 aromatic heterocycles. The van der Waals surface area contributed by atoms with Gasteiger partial charge in [-0.15, -0.1) is 0 Å². The highest BCUT2D eigenvalue weighted by molar-refractivity contribution is 5.95. The Morgan fingerprint density at radius 3 is 2.46 bits per heavy atom. The fraction of sp³-hybridized carbons (Fsp3) is 0.333. The van der Waals surface area contributed by atoms with E-state index in [-0.39, 0.29) is 23.9 Å². The molecule has 0 spiro atoms. The third-order valence-corrected chi connectivity index (χ3v) is 4.54. The van der Waals surface area contributed by atoms with Gasteiger partial charge in [0.1, 0.15) is 11.6 Å². The van der Waals surface area contributed by atoms with Crippen LogP contribution in [0, 0.1) is 17.6 Å². The van der Waals surface area contributed by atoms with Gasteiger partial charge in [-0.05, 0) is 55.6 Å². The van der Waals surface area contributed by atoms with Crippen LogP contribution < -0.4 is 11.1 Å². The molecule has 1 aliphatic rings. The van der Waals surface area contributed by atoms with Crippen molar-refractivity contribution in [2.45, 2.75) is 25.8 Å². The Kier molecular flexibility index (Phi) is 6.36. The molecule has 1 fully saturated rings. The van der Waals surface area contributed by atoms with Gasteiger partial charge in [-0.3, -0.25) is 9.59 Å².